The summed E-state index contributed by atoms with van der Waals surface area (Å²) in [7, 11) is 0. The first-order valence-corrected chi connectivity index (χ1v) is 7.18. The van der Waals surface area contributed by atoms with E-state index in [1.807, 2.05) is 43.3 Å². The number of nitriles is 1. The quantitative estimate of drug-likeness (QED) is 0.347. The zero-order valence-corrected chi connectivity index (χ0v) is 12.4. The molecular formula is C18H17NO3. The second-order valence-electron chi connectivity index (χ2n) is 4.73. The molecule has 0 unspecified atom stereocenters. The molecule has 0 aliphatic carbocycles. The van der Waals surface area contributed by atoms with Gasteiger partial charge in [0, 0.05) is 11.6 Å². The summed E-state index contributed by atoms with van der Waals surface area (Å²) in [4.78, 5) is 11.8. The largest absolute Gasteiger partial charge is 0.462 e. The number of nitrogens with zero attached hydrogens (tertiary/aromatic N) is 1. The van der Waals surface area contributed by atoms with Crippen LogP contribution in [0.25, 0.3) is 17.4 Å². The fourth-order valence-corrected chi connectivity index (χ4v) is 1.85. The maximum atomic E-state index is 11.8. The number of unbranched alkanes of at least 4 members (excludes halogenated alkanes) is 1. The molecule has 22 heavy (non-hydrogen) atoms. The highest BCUT2D eigenvalue weighted by molar-refractivity contribution is 5.97. The fourth-order valence-electron chi connectivity index (χ4n) is 1.85. The molecule has 2 rings (SSSR count). The van der Waals surface area contributed by atoms with E-state index in [1.165, 1.54) is 6.08 Å². The first kappa shape index (κ1) is 15.6. The summed E-state index contributed by atoms with van der Waals surface area (Å²) in [6.45, 7) is 2.32. The number of rotatable bonds is 6. The Labute approximate surface area is 129 Å². The van der Waals surface area contributed by atoms with Gasteiger partial charge in [-0.15, -0.1) is 0 Å². The van der Waals surface area contributed by atoms with E-state index in [9.17, 15) is 4.79 Å². The molecule has 0 N–H and O–H groups in total. The van der Waals surface area contributed by atoms with Gasteiger partial charge in [-0.05, 0) is 18.6 Å². The van der Waals surface area contributed by atoms with E-state index in [0.29, 0.717) is 18.1 Å². The molecule has 0 spiro atoms. The number of furan rings is 1. The molecule has 4 heteroatoms. The molecule has 1 heterocycles. The average Bonchev–Trinajstić information content (AvgIpc) is 3.02. The minimum atomic E-state index is -0.617. The van der Waals surface area contributed by atoms with Crippen molar-refractivity contribution in [3.63, 3.8) is 0 Å². The van der Waals surface area contributed by atoms with Crippen LogP contribution in [-0.2, 0) is 9.53 Å². The van der Waals surface area contributed by atoms with Crippen LogP contribution in [0.5, 0.6) is 0 Å². The van der Waals surface area contributed by atoms with Crippen molar-refractivity contribution in [2.45, 2.75) is 19.8 Å². The highest BCUT2D eigenvalue weighted by Gasteiger charge is 2.12. The first-order valence-electron chi connectivity index (χ1n) is 7.18. The summed E-state index contributed by atoms with van der Waals surface area (Å²) < 4.78 is 10.7. The van der Waals surface area contributed by atoms with Crippen LogP contribution in [0.15, 0.2) is 52.5 Å². The smallest absolute Gasteiger partial charge is 0.349 e. The Morgan fingerprint density at radius 3 is 2.73 bits per heavy atom. The molecule has 1 aromatic heterocycles. The summed E-state index contributed by atoms with van der Waals surface area (Å²) in [5.41, 5.74) is 0.872. The molecule has 0 atom stereocenters. The van der Waals surface area contributed by atoms with Crippen LogP contribution in [0.4, 0.5) is 0 Å². The molecule has 1 aromatic carbocycles. The minimum absolute atomic E-state index is 0.0648. The Kier molecular flexibility index (Phi) is 5.56. The lowest BCUT2D eigenvalue weighted by Gasteiger charge is -2.01. The van der Waals surface area contributed by atoms with E-state index in [-0.39, 0.29) is 5.57 Å². The molecule has 4 nitrogen and oxygen atoms in total. The third kappa shape index (κ3) is 4.10. The average molecular weight is 295 g/mol. The standard InChI is InChI=1S/C18H17NO3/c1-2-3-11-21-18(20)15(13-19)12-16-9-10-17(22-16)14-7-5-4-6-8-14/h4-10,12H,2-3,11H2,1H3. The Morgan fingerprint density at radius 2 is 2.05 bits per heavy atom. The van der Waals surface area contributed by atoms with Gasteiger partial charge in [-0.2, -0.15) is 5.26 Å². The third-order valence-corrected chi connectivity index (χ3v) is 3.04. The van der Waals surface area contributed by atoms with E-state index in [0.717, 1.165) is 18.4 Å². The van der Waals surface area contributed by atoms with Gasteiger partial charge in [0.25, 0.3) is 0 Å². The number of hydrogen-bond acceptors (Lipinski definition) is 4. The van der Waals surface area contributed by atoms with Crippen LogP contribution in [0.1, 0.15) is 25.5 Å². The van der Waals surface area contributed by atoms with Gasteiger partial charge in [0.05, 0.1) is 6.61 Å². The van der Waals surface area contributed by atoms with Crippen LogP contribution in [-0.4, -0.2) is 12.6 Å². The van der Waals surface area contributed by atoms with Crippen molar-refractivity contribution in [2.24, 2.45) is 0 Å². The fraction of sp³-hybridized carbons (Fsp3) is 0.222. The van der Waals surface area contributed by atoms with Gasteiger partial charge in [-0.1, -0.05) is 43.7 Å². The van der Waals surface area contributed by atoms with Crippen LogP contribution in [0.2, 0.25) is 0 Å². The Hall–Kier alpha value is -2.80. The number of ether oxygens (including phenoxy) is 1. The third-order valence-electron chi connectivity index (χ3n) is 3.04. The minimum Gasteiger partial charge on any atom is -0.462 e. The highest BCUT2D eigenvalue weighted by atomic mass is 16.5. The molecule has 2 aromatic rings. The van der Waals surface area contributed by atoms with Gasteiger partial charge in [-0.25, -0.2) is 4.79 Å². The SMILES string of the molecule is CCCCOC(=O)C(C#N)=Cc1ccc(-c2ccccc2)o1. The number of hydrogen-bond donors (Lipinski definition) is 0. The molecule has 0 aliphatic rings. The predicted octanol–water partition coefficient (Wildman–Crippen LogP) is 4.20. The number of carbonyl (C=O) groups is 1. The van der Waals surface area contributed by atoms with E-state index < -0.39 is 5.97 Å². The van der Waals surface area contributed by atoms with Gasteiger partial charge >= 0.3 is 5.97 Å². The monoisotopic (exact) mass is 295 g/mol. The van der Waals surface area contributed by atoms with Crippen molar-refractivity contribution >= 4 is 12.0 Å². The summed E-state index contributed by atoms with van der Waals surface area (Å²) >= 11 is 0. The molecule has 0 saturated carbocycles. The zero-order valence-electron chi connectivity index (χ0n) is 12.4. The molecule has 0 fully saturated rings. The lowest BCUT2D eigenvalue weighted by molar-refractivity contribution is -0.138. The summed E-state index contributed by atoms with van der Waals surface area (Å²) in [5.74, 6) is 0.514. The molecular weight excluding hydrogens is 278 g/mol. The zero-order chi connectivity index (χ0) is 15.8. The lowest BCUT2D eigenvalue weighted by atomic mass is 10.2. The Bertz CT molecular complexity index is 693. The molecule has 112 valence electrons. The topological polar surface area (TPSA) is 63.2 Å². The van der Waals surface area contributed by atoms with Crippen LogP contribution in [0, 0.1) is 11.3 Å². The molecule has 0 saturated heterocycles. The van der Waals surface area contributed by atoms with Crippen molar-refractivity contribution < 1.29 is 13.9 Å². The van der Waals surface area contributed by atoms with Crippen LogP contribution >= 0.6 is 0 Å². The predicted molar refractivity (Wildman–Crippen MR) is 83.6 cm³/mol. The summed E-state index contributed by atoms with van der Waals surface area (Å²) in [6.07, 6.45) is 3.11. The normalized spacial score (nSPS) is 11.0. The molecule has 0 aliphatic heterocycles. The molecule has 0 bridgehead atoms. The lowest BCUT2D eigenvalue weighted by Crippen LogP contribution is -2.07. The van der Waals surface area contributed by atoms with E-state index in [1.54, 1.807) is 12.1 Å². The van der Waals surface area contributed by atoms with E-state index >= 15 is 0 Å². The molecule has 0 radical (unpaired) electrons. The number of esters is 1. The molecule has 0 amide bonds. The second-order valence-corrected chi connectivity index (χ2v) is 4.73. The van der Waals surface area contributed by atoms with Gasteiger partial charge in [0.15, 0.2) is 0 Å². The maximum absolute atomic E-state index is 11.8. The van der Waals surface area contributed by atoms with Crippen LogP contribution < -0.4 is 0 Å². The Balaban J connectivity index is 2.12. The maximum Gasteiger partial charge on any atom is 0.349 e. The second kappa shape index (κ2) is 7.84. The van der Waals surface area contributed by atoms with Gasteiger partial charge in [0.2, 0.25) is 0 Å². The Morgan fingerprint density at radius 1 is 1.27 bits per heavy atom. The van der Waals surface area contributed by atoms with E-state index in [4.69, 9.17) is 14.4 Å². The number of carbonyl (C=O) groups excluding carboxylic acids is 1. The summed E-state index contributed by atoms with van der Waals surface area (Å²) in [6, 6.07) is 15.0. The summed E-state index contributed by atoms with van der Waals surface area (Å²) in [5, 5.41) is 9.08. The highest BCUT2D eigenvalue weighted by Crippen LogP contribution is 2.23. The van der Waals surface area contributed by atoms with Crippen molar-refractivity contribution in [1.82, 2.24) is 0 Å². The van der Waals surface area contributed by atoms with Gasteiger partial charge in [-0.3, -0.25) is 0 Å². The number of benzene rings is 1. The first-order chi connectivity index (χ1) is 10.7. The van der Waals surface area contributed by atoms with Gasteiger partial charge < -0.3 is 9.15 Å². The van der Waals surface area contributed by atoms with Crippen molar-refractivity contribution in [3.8, 4) is 17.4 Å². The van der Waals surface area contributed by atoms with Crippen LogP contribution in [0.3, 0.4) is 0 Å². The van der Waals surface area contributed by atoms with E-state index in [2.05, 4.69) is 0 Å². The van der Waals surface area contributed by atoms with Crippen molar-refractivity contribution in [1.29, 1.82) is 5.26 Å². The van der Waals surface area contributed by atoms with Crippen molar-refractivity contribution in [2.75, 3.05) is 6.61 Å². The van der Waals surface area contributed by atoms with Crippen molar-refractivity contribution in [3.05, 3.63) is 53.8 Å². The van der Waals surface area contributed by atoms with Gasteiger partial charge in [0.1, 0.15) is 23.2 Å².